The lowest BCUT2D eigenvalue weighted by molar-refractivity contribution is -0.138. The van der Waals surface area contributed by atoms with Gasteiger partial charge in [-0.25, -0.2) is 14.8 Å². The molecule has 1 fully saturated rings. The van der Waals surface area contributed by atoms with Crippen molar-refractivity contribution in [3.05, 3.63) is 47.3 Å². The standard InChI is InChI=1S/C34H50N6O6/c1-34(2,3)14-22-45-21-13-29(41)35-16-6-20-46-30-12-10-26(24-37-30)28(23-31(42)43)40-19-18-39(33(40)44)17-5-8-27-11-9-25-7-4-15-36-32(25)38-27/h9-12,24,28H,4-8,13-23H2,1-3H3,(H,35,41)(H,36,38)(H,42,43)/t28-/m0/s1. The summed E-state index contributed by atoms with van der Waals surface area (Å²) in [6.45, 7) is 10.9. The number of carboxylic acids is 1. The number of carbonyl (C=O) groups excluding carboxylic acids is 2. The van der Waals surface area contributed by atoms with Gasteiger partial charge in [-0.15, -0.1) is 0 Å². The lowest BCUT2D eigenvalue weighted by Crippen LogP contribution is -2.36. The summed E-state index contributed by atoms with van der Waals surface area (Å²) in [5.74, 6) is 0.335. The Labute approximate surface area is 272 Å². The fourth-order valence-electron chi connectivity index (χ4n) is 5.52. The minimum Gasteiger partial charge on any atom is -0.481 e. The van der Waals surface area contributed by atoms with Crippen LogP contribution in [-0.4, -0.2) is 95.3 Å². The summed E-state index contributed by atoms with van der Waals surface area (Å²) in [4.78, 5) is 49.6. The number of aryl methyl sites for hydroxylation is 2. The summed E-state index contributed by atoms with van der Waals surface area (Å²) in [6, 6.07) is 6.88. The van der Waals surface area contributed by atoms with Crippen molar-refractivity contribution in [3.63, 3.8) is 0 Å². The van der Waals surface area contributed by atoms with Crippen LogP contribution >= 0.6 is 0 Å². The number of fused-ring (bicyclic) bond motifs is 1. The Kier molecular flexibility index (Phi) is 13.0. The number of carbonyl (C=O) groups is 3. The molecule has 2 aliphatic heterocycles. The van der Waals surface area contributed by atoms with Crippen molar-refractivity contribution in [1.29, 1.82) is 0 Å². The molecule has 0 aromatic carbocycles. The lowest BCUT2D eigenvalue weighted by Gasteiger charge is -2.27. The van der Waals surface area contributed by atoms with E-state index in [1.54, 1.807) is 28.1 Å². The van der Waals surface area contributed by atoms with Gasteiger partial charge >= 0.3 is 12.0 Å². The zero-order valence-electron chi connectivity index (χ0n) is 27.6. The van der Waals surface area contributed by atoms with Crippen molar-refractivity contribution < 1.29 is 29.0 Å². The summed E-state index contributed by atoms with van der Waals surface area (Å²) >= 11 is 0. The number of hydrogen-bond donors (Lipinski definition) is 3. The summed E-state index contributed by atoms with van der Waals surface area (Å²) in [7, 11) is 0. The van der Waals surface area contributed by atoms with Crippen LogP contribution in [0.5, 0.6) is 5.88 Å². The van der Waals surface area contributed by atoms with Gasteiger partial charge in [0, 0.05) is 63.7 Å². The van der Waals surface area contributed by atoms with E-state index in [2.05, 4.69) is 48.5 Å². The third kappa shape index (κ3) is 11.1. The topological polar surface area (TPSA) is 146 Å². The number of nitrogens with zero attached hydrogens (tertiary/aromatic N) is 4. The largest absolute Gasteiger partial charge is 0.481 e. The first-order valence-electron chi connectivity index (χ1n) is 16.5. The van der Waals surface area contributed by atoms with E-state index < -0.39 is 12.0 Å². The van der Waals surface area contributed by atoms with Gasteiger partial charge in [0.25, 0.3) is 0 Å². The van der Waals surface area contributed by atoms with E-state index >= 15 is 0 Å². The maximum atomic E-state index is 13.3. The molecule has 1 atom stereocenters. The van der Waals surface area contributed by atoms with Crippen LogP contribution in [0.4, 0.5) is 10.6 Å². The zero-order chi connectivity index (χ0) is 32.9. The molecule has 0 radical (unpaired) electrons. The zero-order valence-corrected chi connectivity index (χ0v) is 27.6. The van der Waals surface area contributed by atoms with E-state index in [1.165, 1.54) is 5.56 Å². The second kappa shape index (κ2) is 17.1. The summed E-state index contributed by atoms with van der Waals surface area (Å²) in [5.41, 5.74) is 3.12. The Morgan fingerprint density at radius 1 is 1.11 bits per heavy atom. The molecule has 12 nitrogen and oxygen atoms in total. The first-order valence-corrected chi connectivity index (χ1v) is 16.5. The number of carboxylic acid groups (broad SMARTS) is 1. The van der Waals surface area contributed by atoms with Gasteiger partial charge in [-0.2, -0.15) is 0 Å². The number of rotatable bonds is 18. The minimum absolute atomic E-state index is 0.0540. The number of amides is 3. The summed E-state index contributed by atoms with van der Waals surface area (Å²) in [6.07, 6.45) is 6.96. The van der Waals surface area contributed by atoms with Gasteiger partial charge in [-0.3, -0.25) is 9.59 Å². The normalized spacial score (nSPS) is 15.3. The highest BCUT2D eigenvalue weighted by molar-refractivity contribution is 5.78. The molecular weight excluding hydrogens is 588 g/mol. The van der Waals surface area contributed by atoms with Crippen LogP contribution in [0.15, 0.2) is 30.5 Å². The van der Waals surface area contributed by atoms with Crippen molar-refractivity contribution in [2.75, 3.05) is 57.9 Å². The van der Waals surface area contributed by atoms with E-state index in [0.717, 1.165) is 50.2 Å². The number of aromatic nitrogens is 2. The van der Waals surface area contributed by atoms with Crippen LogP contribution in [-0.2, 0) is 27.2 Å². The number of pyridine rings is 2. The molecule has 2 aromatic heterocycles. The molecule has 0 spiro atoms. The van der Waals surface area contributed by atoms with Crippen molar-refractivity contribution in [1.82, 2.24) is 25.1 Å². The van der Waals surface area contributed by atoms with E-state index in [-0.39, 0.29) is 23.8 Å². The first kappa shape index (κ1) is 34.9. The van der Waals surface area contributed by atoms with Gasteiger partial charge in [0.05, 0.1) is 25.7 Å². The summed E-state index contributed by atoms with van der Waals surface area (Å²) < 4.78 is 11.3. The Balaban J connectivity index is 1.18. The van der Waals surface area contributed by atoms with Gasteiger partial charge in [-0.05, 0) is 61.1 Å². The van der Waals surface area contributed by atoms with Crippen LogP contribution in [0.2, 0.25) is 0 Å². The van der Waals surface area contributed by atoms with E-state index in [0.29, 0.717) is 70.3 Å². The molecule has 2 aromatic rings. The Bertz CT molecular complexity index is 1300. The molecule has 12 heteroatoms. The van der Waals surface area contributed by atoms with Crippen LogP contribution < -0.4 is 15.4 Å². The lowest BCUT2D eigenvalue weighted by atomic mass is 9.93. The number of anilines is 1. The van der Waals surface area contributed by atoms with Gasteiger partial charge in [0.15, 0.2) is 0 Å². The first-order chi connectivity index (χ1) is 22.1. The van der Waals surface area contributed by atoms with Crippen LogP contribution in [0.1, 0.15) is 82.2 Å². The van der Waals surface area contributed by atoms with E-state index in [1.807, 2.05) is 0 Å². The molecular formula is C34H50N6O6. The van der Waals surface area contributed by atoms with Crippen LogP contribution in [0, 0.1) is 5.41 Å². The second-order valence-corrected chi connectivity index (χ2v) is 13.2. The quantitative estimate of drug-likeness (QED) is 0.202. The van der Waals surface area contributed by atoms with Gasteiger partial charge in [0.2, 0.25) is 11.8 Å². The molecule has 1 saturated heterocycles. The Morgan fingerprint density at radius 2 is 1.96 bits per heavy atom. The monoisotopic (exact) mass is 638 g/mol. The smallest absolute Gasteiger partial charge is 0.320 e. The van der Waals surface area contributed by atoms with E-state index in [4.69, 9.17) is 14.5 Å². The molecule has 4 heterocycles. The predicted molar refractivity (Wildman–Crippen MR) is 175 cm³/mol. The number of ether oxygens (including phenoxy) is 2. The molecule has 3 amide bonds. The third-order valence-corrected chi connectivity index (χ3v) is 8.19. The molecule has 0 unspecified atom stereocenters. The van der Waals surface area contributed by atoms with Gasteiger partial charge in [-0.1, -0.05) is 32.9 Å². The van der Waals surface area contributed by atoms with E-state index in [9.17, 15) is 19.5 Å². The highest BCUT2D eigenvalue weighted by atomic mass is 16.5. The van der Waals surface area contributed by atoms with Gasteiger partial charge < -0.3 is 35.0 Å². The average Bonchev–Trinajstić information content (AvgIpc) is 3.38. The molecule has 2 aliphatic rings. The maximum Gasteiger partial charge on any atom is 0.320 e. The fraction of sp³-hybridized carbons (Fsp3) is 0.618. The van der Waals surface area contributed by atoms with Crippen molar-refractivity contribution in [3.8, 4) is 5.88 Å². The number of nitrogens with one attached hydrogen (secondary N) is 2. The molecule has 46 heavy (non-hydrogen) atoms. The van der Waals surface area contributed by atoms with Crippen LogP contribution in [0.3, 0.4) is 0 Å². The molecule has 4 rings (SSSR count). The second-order valence-electron chi connectivity index (χ2n) is 13.2. The predicted octanol–water partition coefficient (Wildman–Crippen LogP) is 4.45. The molecule has 0 saturated carbocycles. The molecule has 0 bridgehead atoms. The molecule has 3 N–H and O–H groups in total. The highest BCUT2D eigenvalue weighted by Gasteiger charge is 2.35. The summed E-state index contributed by atoms with van der Waals surface area (Å²) in [5, 5.41) is 15.9. The number of aliphatic carboxylic acids is 1. The van der Waals surface area contributed by atoms with Gasteiger partial charge in [0.1, 0.15) is 5.82 Å². The third-order valence-electron chi connectivity index (χ3n) is 8.19. The highest BCUT2D eigenvalue weighted by Crippen LogP contribution is 2.29. The van der Waals surface area contributed by atoms with Crippen LogP contribution in [0.25, 0.3) is 0 Å². The maximum absolute atomic E-state index is 13.3. The van der Waals surface area contributed by atoms with Crippen molar-refractivity contribution in [2.24, 2.45) is 5.41 Å². The fourth-order valence-corrected chi connectivity index (χ4v) is 5.52. The Hall–Kier alpha value is -3.93. The van der Waals surface area contributed by atoms with Crippen molar-refractivity contribution in [2.45, 2.75) is 78.2 Å². The number of urea groups is 1. The minimum atomic E-state index is -0.984. The van der Waals surface area contributed by atoms with Crippen molar-refractivity contribution >= 4 is 23.7 Å². The average molecular weight is 639 g/mol. The molecule has 252 valence electrons. The Morgan fingerprint density at radius 3 is 2.72 bits per heavy atom. The SMILES string of the molecule is CC(C)(C)CCOCCC(=O)NCCCOc1ccc([C@H](CC(=O)O)N2CCN(CCCc3ccc4c(n3)NCCC4)C2=O)cn1. The molecule has 0 aliphatic carbocycles. The number of hydrogen-bond acceptors (Lipinski definition) is 8.